The fraction of sp³-hybridized carbons (Fsp3) is 0.357. The highest BCUT2D eigenvalue weighted by atomic mass is 32.1. The van der Waals surface area contributed by atoms with E-state index in [2.05, 4.69) is 15.0 Å². The lowest BCUT2D eigenvalue weighted by Crippen LogP contribution is -2.20. The van der Waals surface area contributed by atoms with Crippen LogP contribution in [-0.4, -0.2) is 31.4 Å². The summed E-state index contributed by atoms with van der Waals surface area (Å²) in [5, 5.41) is 5.93. The van der Waals surface area contributed by atoms with Crippen molar-refractivity contribution >= 4 is 16.5 Å². The Hall–Kier alpha value is -1.73. The Morgan fingerprint density at radius 3 is 2.62 bits per heavy atom. The third-order valence-electron chi connectivity index (χ3n) is 2.67. The first-order chi connectivity index (χ1) is 10.1. The van der Waals surface area contributed by atoms with Crippen LogP contribution in [0.3, 0.4) is 0 Å². The number of hydrogen-bond acceptors (Lipinski definition) is 5. The van der Waals surface area contributed by atoms with Gasteiger partial charge in [-0.25, -0.2) is 4.98 Å². The van der Waals surface area contributed by atoms with Crippen LogP contribution in [0.2, 0.25) is 0 Å². The molecule has 2 aromatic rings. The highest BCUT2D eigenvalue weighted by Crippen LogP contribution is 2.27. The van der Waals surface area contributed by atoms with Crippen LogP contribution < -0.4 is 10.1 Å². The molecule has 1 atom stereocenters. The van der Waals surface area contributed by atoms with Crippen LogP contribution >= 0.6 is 11.3 Å². The lowest BCUT2D eigenvalue weighted by molar-refractivity contribution is -0.0498. The molecule has 1 N–H and O–H groups in total. The summed E-state index contributed by atoms with van der Waals surface area (Å²) in [6, 6.07) is 6.57. The van der Waals surface area contributed by atoms with Crippen molar-refractivity contribution in [3.05, 3.63) is 29.6 Å². The molecular formula is C14H16F2N2O2S. The monoisotopic (exact) mass is 314 g/mol. The summed E-state index contributed by atoms with van der Waals surface area (Å²) in [7, 11) is 1.65. The van der Waals surface area contributed by atoms with Crippen molar-refractivity contribution < 1.29 is 18.3 Å². The molecule has 1 aromatic carbocycles. The maximum atomic E-state index is 12.1. The van der Waals surface area contributed by atoms with Gasteiger partial charge in [0.05, 0.1) is 12.3 Å². The Morgan fingerprint density at radius 1 is 1.29 bits per heavy atom. The van der Waals surface area contributed by atoms with Gasteiger partial charge in [-0.15, -0.1) is 11.3 Å². The molecule has 0 aliphatic heterocycles. The quantitative estimate of drug-likeness (QED) is 0.843. The van der Waals surface area contributed by atoms with Gasteiger partial charge in [-0.3, -0.25) is 0 Å². The van der Waals surface area contributed by atoms with Crippen molar-refractivity contribution in [1.82, 2.24) is 4.98 Å². The summed E-state index contributed by atoms with van der Waals surface area (Å²) in [6.07, 6.45) is 0. The average Bonchev–Trinajstić information content (AvgIpc) is 2.87. The summed E-state index contributed by atoms with van der Waals surface area (Å²) < 4.78 is 33.5. The second-order valence-electron chi connectivity index (χ2n) is 4.44. The molecule has 0 aliphatic carbocycles. The zero-order chi connectivity index (χ0) is 15.2. The molecule has 0 unspecified atom stereocenters. The van der Waals surface area contributed by atoms with E-state index in [1.807, 2.05) is 12.3 Å². The predicted molar refractivity (Wildman–Crippen MR) is 79.1 cm³/mol. The molecule has 114 valence electrons. The first-order valence-corrected chi connectivity index (χ1v) is 7.22. The van der Waals surface area contributed by atoms with Crippen molar-refractivity contribution in [2.24, 2.45) is 0 Å². The van der Waals surface area contributed by atoms with Gasteiger partial charge in [0.15, 0.2) is 5.13 Å². The number of halogens is 2. The fourth-order valence-electron chi connectivity index (χ4n) is 1.78. The standard InChI is InChI=1S/C14H16F2N2O2S/c1-9(7-19-2)17-14-18-12(8-21-14)10-3-5-11(6-4-10)20-13(15)16/h3-6,8-9,13H,7H2,1-2H3,(H,17,18)/t9-/m0/s1. The number of rotatable bonds is 7. The Bertz CT molecular complexity index is 560. The number of nitrogens with zero attached hydrogens (tertiary/aromatic N) is 1. The van der Waals surface area contributed by atoms with E-state index in [1.165, 1.54) is 23.5 Å². The maximum Gasteiger partial charge on any atom is 0.387 e. The molecule has 1 heterocycles. The smallest absolute Gasteiger partial charge is 0.387 e. The molecule has 0 bridgehead atoms. The van der Waals surface area contributed by atoms with Gasteiger partial charge in [0.2, 0.25) is 0 Å². The third-order valence-corrected chi connectivity index (χ3v) is 3.44. The number of benzene rings is 1. The Labute approximate surface area is 125 Å². The molecule has 0 amide bonds. The molecule has 21 heavy (non-hydrogen) atoms. The Balaban J connectivity index is 2.03. The van der Waals surface area contributed by atoms with Crippen LogP contribution in [0.25, 0.3) is 11.3 Å². The lowest BCUT2D eigenvalue weighted by Gasteiger charge is -2.10. The number of anilines is 1. The molecule has 4 nitrogen and oxygen atoms in total. The normalized spacial score (nSPS) is 12.4. The minimum atomic E-state index is -2.81. The van der Waals surface area contributed by atoms with Gasteiger partial charge in [0, 0.05) is 24.1 Å². The highest BCUT2D eigenvalue weighted by molar-refractivity contribution is 7.14. The minimum Gasteiger partial charge on any atom is -0.435 e. The van der Waals surface area contributed by atoms with Gasteiger partial charge in [0.25, 0.3) is 0 Å². The lowest BCUT2D eigenvalue weighted by atomic mass is 10.2. The van der Waals surface area contributed by atoms with E-state index < -0.39 is 6.61 Å². The second kappa shape index (κ2) is 7.33. The molecule has 0 spiro atoms. The molecule has 7 heteroatoms. The first-order valence-electron chi connectivity index (χ1n) is 6.34. The Morgan fingerprint density at radius 2 is 2.00 bits per heavy atom. The summed E-state index contributed by atoms with van der Waals surface area (Å²) in [6.45, 7) is -0.219. The van der Waals surface area contributed by atoms with Crippen molar-refractivity contribution in [1.29, 1.82) is 0 Å². The van der Waals surface area contributed by atoms with Crippen LogP contribution in [-0.2, 0) is 4.74 Å². The first kappa shape index (κ1) is 15.7. The molecule has 1 aromatic heterocycles. The summed E-state index contributed by atoms with van der Waals surface area (Å²) in [5.41, 5.74) is 1.64. The zero-order valence-electron chi connectivity index (χ0n) is 11.7. The molecule has 0 saturated heterocycles. The number of thiazole rings is 1. The molecule has 0 aliphatic rings. The minimum absolute atomic E-state index is 0.135. The number of methoxy groups -OCH3 is 1. The van der Waals surface area contributed by atoms with Crippen molar-refractivity contribution in [3.63, 3.8) is 0 Å². The summed E-state index contributed by atoms with van der Waals surface area (Å²) >= 11 is 1.48. The molecule has 0 saturated carbocycles. The van der Waals surface area contributed by atoms with Crippen molar-refractivity contribution in [2.75, 3.05) is 19.0 Å². The van der Waals surface area contributed by atoms with Gasteiger partial charge in [-0.1, -0.05) is 0 Å². The van der Waals surface area contributed by atoms with Crippen LogP contribution in [0, 0.1) is 0 Å². The zero-order valence-corrected chi connectivity index (χ0v) is 12.5. The molecule has 2 rings (SSSR count). The summed E-state index contributed by atoms with van der Waals surface area (Å²) in [5.74, 6) is 0.135. The predicted octanol–water partition coefficient (Wildman–Crippen LogP) is 3.86. The third kappa shape index (κ3) is 4.64. The van der Waals surface area contributed by atoms with Crippen LogP contribution in [0.4, 0.5) is 13.9 Å². The average molecular weight is 314 g/mol. The van der Waals surface area contributed by atoms with Gasteiger partial charge >= 0.3 is 6.61 Å². The van der Waals surface area contributed by atoms with Gasteiger partial charge in [0.1, 0.15) is 5.75 Å². The van der Waals surface area contributed by atoms with E-state index in [0.717, 1.165) is 16.4 Å². The van der Waals surface area contributed by atoms with Crippen molar-refractivity contribution in [3.8, 4) is 17.0 Å². The second-order valence-corrected chi connectivity index (χ2v) is 5.30. The number of aromatic nitrogens is 1. The van der Waals surface area contributed by atoms with E-state index in [1.54, 1.807) is 19.2 Å². The topological polar surface area (TPSA) is 43.4 Å². The number of alkyl halides is 2. The Kier molecular flexibility index (Phi) is 5.46. The molecule has 0 radical (unpaired) electrons. The van der Waals surface area contributed by atoms with Gasteiger partial charge in [-0.05, 0) is 31.2 Å². The fourth-order valence-corrected chi connectivity index (χ4v) is 2.61. The van der Waals surface area contributed by atoms with E-state index in [4.69, 9.17) is 4.74 Å². The number of nitrogens with one attached hydrogen (secondary N) is 1. The highest BCUT2D eigenvalue weighted by Gasteiger charge is 2.09. The van der Waals surface area contributed by atoms with Crippen LogP contribution in [0.1, 0.15) is 6.92 Å². The van der Waals surface area contributed by atoms with E-state index in [9.17, 15) is 8.78 Å². The SMILES string of the molecule is COC[C@H](C)Nc1nc(-c2ccc(OC(F)F)cc2)cs1. The summed E-state index contributed by atoms with van der Waals surface area (Å²) in [4.78, 5) is 4.46. The van der Waals surface area contributed by atoms with Crippen LogP contribution in [0.5, 0.6) is 5.75 Å². The van der Waals surface area contributed by atoms with E-state index in [0.29, 0.717) is 6.61 Å². The van der Waals surface area contributed by atoms with Gasteiger partial charge < -0.3 is 14.8 Å². The largest absolute Gasteiger partial charge is 0.435 e. The number of ether oxygens (including phenoxy) is 2. The van der Waals surface area contributed by atoms with Gasteiger partial charge in [-0.2, -0.15) is 8.78 Å². The van der Waals surface area contributed by atoms with E-state index in [-0.39, 0.29) is 11.8 Å². The van der Waals surface area contributed by atoms with Crippen LogP contribution in [0.15, 0.2) is 29.6 Å². The molecular weight excluding hydrogens is 298 g/mol. The van der Waals surface area contributed by atoms with E-state index >= 15 is 0 Å². The maximum absolute atomic E-state index is 12.1. The number of hydrogen-bond donors (Lipinski definition) is 1. The molecule has 0 fully saturated rings. The van der Waals surface area contributed by atoms with Crippen molar-refractivity contribution in [2.45, 2.75) is 19.6 Å².